The van der Waals surface area contributed by atoms with Crippen LogP contribution in [-0.4, -0.2) is 0 Å². The number of rotatable bonds is 1. The molecule has 0 aliphatic carbocycles. The van der Waals surface area contributed by atoms with Crippen molar-refractivity contribution < 1.29 is 13.2 Å². The molecule has 0 fully saturated rings. The van der Waals surface area contributed by atoms with Gasteiger partial charge in [-0.2, -0.15) is 0 Å². The SMILES string of the molecule is Fc1ccc(I)c(C(F)F)c1. The highest BCUT2D eigenvalue weighted by Crippen LogP contribution is 2.24. The van der Waals surface area contributed by atoms with E-state index in [-0.39, 0.29) is 5.56 Å². The average Bonchev–Trinajstić information content (AvgIpc) is 1.94. The van der Waals surface area contributed by atoms with Crippen LogP contribution < -0.4 is 0 Å². The third-order valence-electron chi connectivity index (χ3n) is 1.19. The van der Waals surface area contributed by atoms with Gasteiger partial charge in [-0.05, 0) is 40.8 Å². The van der Waals surface area contributed by atoms with E-state index in [1.165, 1.54) is 6.07 Å². The molecule has 1 aromatic carbocycles. The first kappa shape index (κ1) is 8.83. The quantitative estimate of drug-likeness (QED) is 0.687. The maximum Gasteiger partial charge on any atom is 0.264 e. The molecule has 0 nitrogen and oxygen atoms in total. The monoisotopic (exact) mass is 272 g/mol. The lowest BCUT2D eigenvalue weighted by atomic mass is 10.2. The van der Waals surface area contributed by atoms with Crippen LogP contribution in [-0.2, 0) is 0 Å². The van der Waals surface area contributed by atoms with Crippen LogP contribution in [0.4, 0.5) is 13.2 Å². The van der Waals surface area contributed by atoms with Crippen molar-refractivity contribution in [1.82, 2.24) is 0 Å². The van der Waals surface area contributed by atoms with E-state index in [2.05, 4.69) is 0 Å². The molecule has 0 bridgehead atoms. The fourth-order valence-corrected chi connectivity index (χ4v) is 1.25. The van der Waals surface area contributed by atoms with Gasteiger partial charge in [-0.15, -0.1) is 0 Å². The molecule has 0 heterocycles. The Hall–Kier alpha value is -0.260. The normalized spacial score (nSPS) is 10.6. The Morgan fingerprint density at radius 1 is 1.27 bits per heavy atom. The van der Waals surface area contributed by atoms with Crippen molar-refractivity contribution in [1.29, 1.82) is 0 Å². The van der Waals surface area contributed by atoms with Gasteiger partial charge < -0.3 is 0 Å². The summed E-state index contributed by atoms with van der Waals surface area (Å²) in [6.07, 6.45) is -2.60. The summed E-state index contributed by atoms with van der Waals surface area (Å²) >= 11 is 1.75. The first-order valence-corrected chi connectivity index (χ1v) is 3.92. The highest BCUT2D eigenvalue weighted by molar-refractivity contribution is 14.1. The zero-order valence-electron chi connectivity index (χ0n) is 5.32. The van der Waals surface area contributed by atoms with Gasteiger partial charge in [0.15, 0.2) is 0 Å². The third kappa shape index (κ3) is 2.08. The highest BCUT2D eigenvalue weighted by Gasteiger charge is 2.11. The summed E-state index contributed by atoms with van der Waals surface area (Å²) in [6.45, 7) is 0. The lowest BCUT2D eigenvalue weighted by molar-refractivity contribution is 0.150. The molecule has 0 radical (unpaired) electrons. The summed E-state index contributed by atoms with van der Waals surface area (Å²) in [7, 11) is 0. The molecular weight excluding hydrogens is 268 g/mol. The molecule has 0 aliphatic rings. The van der Waals surface area contributed by atoms with Crippen molar-refractivity contribution >= 4 is 22.6 Å². The molecule has 1 rings (SSSR count). The Labute approximate surface area is 75.6 Å². The molecule has 0 N–H and O–H groups in total. The summed E-state index contributed by atoms with van der Waals surface area (Å²) in [6, 6.07) is 3.34. The fourth-order valence-electron chi connectivity index (χ4n) is 0.682. The zero-order chi connectivity index (χ0) is 8.43. The predicted octanol–water partition coefficient (Wildman–Crippen LogP) is 3.37. The van der Waals surface area contributed by atoms with Crippen molar-refractivity contribution in [2.75, 3.05) is 0 Å². The van der Waals surface area contributed by atoms with E-state index in [0.29, 0.717) is 3.57 Å². The minimum Gasteiger partial charge on any atom is -0.207 e. The first-order chi connectivity index (χ1) is 5.11. The van der Waals surface area contributed by atoms with E-state index in [4.69, 9.17) is 0 Å². The van der Waals surface area contributed by atoms with Gasteiger partial charge in [-0.25, -0.2) is 13.2 Å². The molecule has 0 spiro atoms. The minimum atomic E-state index is -2.60. The van der Waals surface area contributed by atoms with E-state index in [9.17, 15) is 13.2 Å². The summed E-state index contributed by atoms with van der Waals surface area (Å²) < 4.78 is 36.8. The van der Waals surface area contributed by atoms with Crippen molar-refractivity contribution in [3.8, 4) is 0 Å². The Bertz CT molecular complexity index is 260. The van der Waals surface area contributed by atoms with Gasteiger partial charge in [0.25, 0.3) is 6.43 Å². The van der Waals surface area contributed by atoms with E-state index in [1.54, 1.807) is 22.6 Å². The van der Waals surface area contributed by atoms with Crippen LogP contribution in [0.15, 0.2) is 18.2 Å². The Morgan fingerprint density at radius 2 is 1.91 bits per heavy atom. The molecule has 4 heteroatoms. The van der Waals surface area contributed by atoms with E-state index >= 15 is 0 Å². The molecule has 0 aliphatic heterocycles. The summed E-state index contributed by atoms with van der Waals surface area (Å²) in [4.78, 5) is 0. The second-order valence-corrected chi connectivity index (χ2v) is 3.13. The Kier molecular flexibility index (Phi) is 2.75. The minimum absolute atomic E-state index is 0.245. The van der Waals surface area contributed by atoms with Crippen LogP contribution in [0.5, 0.6) is 0 Å². The van der Waals surface area contributed by atoms with Gasteiger partial charge in [0.1, 0.15) is 5.82 Å². The molecule has 1 aromatic rings. The predicted molar refractivity (Wildman–Crippen MR) is 44.1 cm³/mol. The second-order valence-electron chi connectivity index (χ2n) is 1.97. The van der Waals surface area contributed by atoms with Crippen molar-refractivity contribution in [3.63, 3.8) is 0 Å². The summed E-state index contributed by atoms with van der Waals surface area (Å²) in [5.41, 5.74) is -0.245. The molecule has 60 valence electrons. The van der Waals surface area contributed by atoms with Crippen LogP contribution >= 0.6 is 22.6 Å². The molecule has 0 atom stereocenters. The van der Waals surface area contributed by atoms with Gasteiger partial charge in [-0.1, -0.05) is 0 Å². The van der Waals surface area contributed by atoms with E-state index < -0.39 is 12.2 Å². The van der Waals surface area contributed by atoms with E-state index in [1.807, 2.05) is 0 Å². The van der Waals surface area contributed by atoms with Crippen molar-refractivity contribution in [2.24, 2.45) is 0 Å². The smallest absolute Gasteiger partial charge is 0.207 e. The third-order valence-corrected chi connectivity index (χ3v) is 2.18. The Morgan fingerprint density at radius 3 is 2.36 bits per heavy atom. The van der Waals surface area contributed by atoms with Crippen LogP contribution in [0.25, 0.3) is 0 Å². The lowest BCUT2D eigenvalue weighted by Gasteiger charge is -2.01. The number of benzene rings is 1. The number of alkyl halides is 2. The van der Waals surface area contributed by atoms with Crippen molar-refractivity contribution in [2.45, 2.75) is 6.43 Å². The van der Waals surface area contributed by atoms with Gasteiger partial charge in [0.2, 0.25) is 0 Å². The molecule has 0 amide bonds. The van der Waals surface area contributed by atoms with Gasteiger partial charge in [0, 0.05) is 9.13 Å². The highest BCUT2D eigenvalue weighted by atomic mass is 127. The summed E-state index contributed by atoms with van der Waals surface area (Å²) in [5, 5.41) is 0. The zero-order valence-corrected chi connectivity index (χ0v) is 7.48. The topological polar surface area (TPSA) is 0 Å². The Balaban J connectivity index is 3.13. The van der Waals surface area contributed by atoms with Crippen molar-refractivity contribution in [3.05, 3.63) is 33.1 Å². The van der Waals surface area contributed by atoms with Gasteiger partial charge in [-0.3, -0.25) is 0 Å². The standard InChI is InChI=1S/C7H4F3I/c8-4-1-2-6(11)5(3-4)7(9)10/h1-3,7H. The maximum absolute atomic E-state index is 12.4. The van der Waals surface area contributed by atoms with Crippen LogP contribution in [0.3, 0.4) is 0 Å². The summed E-state index contributed by atoms with van der Waals surface area (Å²) in [5.74, 6) is -0.624. The molecule has 0 unspecified atom stereocenters. The molecule has 0 saturated carbocycles. The van der Waals surface area contributed by atoms with Gasteiger partial charge in [0.05, 0.1) is 0 Å². The molecule has 0 aromatic heterocycles. The molecular formula is C7H4F3I. The largest absolute Gasteiger partial charge is 0.264 e. The first-order valence-electron chi connectivity index (χ1n) is 2.84. The van der Waals surface area contributed by atoms with Crippen LogP contribution in [0.2, 0.25) is 0 Å². The molecule has 0 saturated heterocycles. The van der Waals surface area contributed by atoms with Crippen LogP contribution in [0, 0.1) is 9.39 Å². The fraction of sp³-hybridized carbons (Fsp3) is 0.143. The average molecular weight is 272 g/mol. The van der Waals surface area contributed by atoms with Gasteiger partial charge >= 0.3 is 0 Å². The second kappa shape index (κ2) is 3.42. The van der Waals surface area contributed by atoms with Crippen LogP contribution in [0.1, 0.15) is 12.0 Å². The molecule has 11 heavy (non-hydrogen) atoms. The number of hydrogen-bond acceptors (Lipinski definition) is 0. The number of hydrogen-bond donors (Lipinski definition) is 0. The van der Waals surface area contributed by atoms with E-state index in [0.717, 1.165) is 12.1 Å². The number of halogens is 4. The maximum atomic E-state index is 12.4. The lowest BCUT2D eigenvalue weighted by Crippen LogP contribution is -1.89.